The second-order valence-corrected chi connectivity index (χ2v) is 8.51. The van der Waals surface area contributed by atoms with Gasteiger partial charge in [0.2, 0.25) is 0 Å². The molecule has 0 unspecified atom stereocenters. The van der Waals surface area contributed by atoms with Crippen LogP contribution in [0.25, 0.3) is 0 Å². The van der Waals surface area contributed by atoms with Gasteiger partial charge in [0.25, 0.3) is 17.7 Å². The fourth-order valence-corrected chi connectivity index (χ4v) is 3.90. The molecule has 9 heteroatoms. The van der Waals surface area contributed by atoms with E-state index in [1.807, 2.05) is 19.9 Å². The maximum atomic E-state index is 13.1. The average Bonchev–Trinajstić information content (AvgIpc) is 3.09. The molecule has 1 aliphatic rings. The van der Waals surface area contributed by atoms with Gasteiger partial charge >= 0.3 is 0 Å². The Labute approximate surface area is 213 Å². The molecule has 0 bridgehead atoms. The van der Waals surface area contributed by atoms with E-state index in [0.29, 0.717) is 34.1 Å². The first kappa shape index (κ1) is 24.8. The number of hydrogen-bond donors (Lipinski definition) is 2. The van der Waals surface area contributed by atoms with Crippen molar-refractivity contribution in [2.24, 2.45) is 0 Å². The highest BCUT2D eigenvalue weighted by atomic mass is 35.5. The predicted molar refractivity (Wildman–Crippen MR) is 139 cm³/mol. The smallest absolute Gasteiger partial charge is 0.283 e. The molecule has 3 amide bonds. The second-order valence-electron chi connectivity index (χ2n) is 8.13. The van der Waals surface area contributed by atoms with Crippen LogP contribution in [0.2, 0.25) is 0 Å². The number of ether oxygens (including phenoxy) is 2. The highest BCUT2D eigenvalue weighted by Gasteiger charge is 2.39. The summed E-state index contributed by atoms with van der Waals surface area (Å²) >= 11 is 6.26. The van der Waals surface area contributed by atoms with Gasteiger partial charge in [-0.2, -0.15) is 0 Å². The number of imide groups is 1. The molecular weight excluding hydrogens is 482 g/mol. The SMILES string of the molecule is COc1ccc(NC(=O)c2cccc(NC3=C(Cl)C(=O)N(c4ccc(C)c(C)c4)C3=O)c2)c(OC)c1. The number of hydrogen-bond acceptors (Lipinski definition) is 6. The van der Waals surface area contributed by atoms with E-state index < -0.39 is 17.7 Å². The van der Waals surface area contributed by atoms with Crippen molar-refractivity contribution < 1.29 is 23.9 Å². The van der Waals surface area contributed by atoms with Crippen molar-refractivity contribution in [3.63, 3.8) is 0 Å². The number of methoxy groups -OCH3 is 2. The number of rotatable bonds is 7. The molecule has 0 aromatic heterocycles. The van der Waals surface area contributed by atoms with Crippen LogP contribution in [-0.4, -0.2) is 31.9 Å². The Balaban J connectivity index is 1.54. The van der Waals surface area contributed by atoms with Gasteiger partial charge in [-0.3, -0.25) is 14.4 Å². The van der Waals surface area contributed by atoms with E-state index in [0.717, 1.165) is 16.0 Å². The summed E-state index contributed by atoms with van der Waals surface area (Å²) in [6.07, 6.45) is 0. The van der Waals surface area contributed by atoms with Gasteiger partial charge < -0.3 is 20.1 Å². The minimum Gasteiger partial charge on any atom is -0.497 e. The van der Waals surface area contributed by atoms with Crippen LogP contribution in [0.15, 0.2) is 71.4 Å². The third kappa shape index (κ3) is 4.76. The van der Waals surface area contributed by atoms with Crippen molar-refractivity contribution in [1.82, 2.24) is 0 Å². The molecule has 3 aromatic carbocycles. The third-order valence-electron chi connectivity index (χ3n) is 5.83. The number of aryl methyl sites for hydroxylation is 2. The van der Waals surface area contributed by atoms with Crippen LogP contribution in [0.1, 0.15) is 21.5 Å². The van der Waals surface area contributed by atoms with Crippen LogP contribution in [0, 0.1) is 13.8 Å². The Morgan fingerprint density at radius 2 is 1.67 bits per heavy atom. The van der Waals surface area contributed by atoms with E-state index in [9.17, 15) is 14.4 Å². The number of carbonyl (C=O) groups is 3. The van der Waals surface area contributed by atoms with E-state index in [2.05, 4.69) is 10.6 Å². The normalized spacial score (nSPS) is 13.2. The van der Waals surface area contributed by atoms with Crippen LogP contribution >= 0.6 is 11.6 Å². The molecule has 1 aliphatic heterocycles. The number of anilines is 3. The Hall–Kier alpha value is -4.30. The van der Waals surface area contributed by atoms with E-state index in [4.69, 9.17) is 21.1 Å². The first-order valence-corrected chi connectivity index (χ1v) is 11.4. The lowest BCUT2D eigenvalue weighted by Gasteiger charge is -2.16. The Bertz CT molecular complexity index is 1420. The molecule has 2 N–H and O–H groups in total. The van der Waals surface area contributed by atoms with Gasteiger partial charge in [0.1, 0.15) is 22.2 Å². The van der Waals surface area contributed by atoms with Gasteiger partial charge in [0.15, 0.2) is 0 Å². The van der Waals surface area contributed by atoms with Crippen molar-refractivity contribution in [1.29, 1.82) is 0 Å². The molecule has 0 fully saturated rings. The number of benzene rings is 3. The van der Waals surface area contributed by atoms with Gasteiger partial charge in [0, 0.05) is 17.3 Å². The van der Waals surface area contributed by atoms with Gasteiger partial charge in [0.05, 0.1) is 25.6 Å². The molecule has 0 spiro atoms. The number of amides is 3. The van der Waals surface area contributed by atoms with Crippen LogP contribution < -0.4 is 25.0 Å². The monoisotopic (exact) mass is 505 g/mol. The predicted octanol–water partition coefficient (Wildman–Crippen LogP) is 5.01. The quantitative estimate of drug-likeness (QED) is 0.438. The van der Waals surface area contributed by atoms with E-state index in [1.165, 1.54) is 14.2 Å². The van der Waals surface area contributed by atoms with Crippen molar-refractivity contribution >= 4 is 46.4 Å². The molecule has 0 atom stereocenters. The fourth-order valence-electron chi connectivity index (χ4n) is 3.69. The summed E-state index contributed by atoms with van der Waals surface area (Å²) in [7, 11) is 3.03. The Morgan fingerprint density at radius 3 is 2.36 bits per heavy atom. The van der Waals surface area contributed by atoms with Gasteiger partial charge in [-0.25, -0.2) is 4.90 Å². The summed E-state index contributed by atoms with van der Waals surface area (Å²) in [5.41, 5.74) is 3.56. The molecule has 0 aliphatic carbocycles. The lowest BCUT2D eigenvalue weighted by Crippen LogP contribution is -2.32. The van der Waals surface area contributed by atoms with Crippen molar-refractivity contribution in [2.75, 3.05) is 29.8 Å². The minimum absolute atomic E-state index is 0.0609. The van der Waals surface area contributed by atoms with E-state index in [1.54, 1.807) is 54.6 Å². The maximum absolute atomic E-state index is 13.1. The average molecular weight is 506 g/mol. The van der Waals surface area contributed by atoms with Crippen LogP contribution in [0.5, 0.6) is 11.5 Å². The summed E-state index contributed by atoms with van der Waals surface area (Å²) in [5, 5.41) is 5.48. The largest absolute Gasteiger partial charge is 0.497 e. The fraction of sp³-hybridized carbons (Fsp3) is 0.148. The number of nitrogens with one attached hydrogen (secondary N) is 2. The minimum atomic E-state index is -0.618. The second kappa shape index (κ2) is 10.1. The molecule has 184 valence electrons. The summed E-state index contributed by atoms with van der Waals surface area (Å²) in [4.78, 5) is 39.8. The molecule has 0 saturated heterocycles. The standard InChI is InChI=1S/C27H24ClN3O5/c1-15-8-9-19(12-16(15)2)31-26(33)23(28)24(27(31)34)29-18-7-5-6-17(13-18)25(32)30-21-11-10-20(35-3)14-22(21)36-4/h5-14,29H,1-4H3,(H,30,32). The van der Waals surface area contributed by atoms with Crippen molar-refractivity contribution in [3.05, 3.63) is 88.1 Å². The number of carbonyl (C=O) groups excluding carboxylic acids is 3. The Kier molecular flexibility index (Phi) is 6.98. The topological polar surface area (TPSA) is 97.0 Å². The molecule has 4 rings (SSSR count). The first-order chi connectivity index (χ1) is 17.2. The highest BCUT2D eigenvalue weighted by Crippen LogP contribution is 2.32. The summed E-state index contributed by atoms with van der Waals surface area (Å²) < 4.78 is 10.5. The zero-order valence-corrected chi connectivity index (χ0v) is 20.9. The molecule has 0 saturated carbocycles. The number of halogens is 1. The molecule has 1 heterocycles. The lowest BCUT2D eigenvalue weighted by atomic mass is 10.1. The lowest BCUT2D eigenvalue weighted by molar-refractivity contribution is -0.120. The summed E-state index contributed by atoms with van der Waals surface area (Å²) in [5.74, 6) is -0.561. The zero-order chi connectivity index (χ0) is 26.0. The third-order valence-corrected chi connectivity index (χ3v) is 6.18. The van der Waals surface area contributed by atoms with Gasteiger partial charge in [-0.05, 0) is 67.4 Å². The van der Waals surface area contributed by atoms with Crippen LogP contribution in [0.3, 0.4) is 0 Å². The van der Waals surface area contributed by atoms with Crippen molar-refractivity contribution in [2.45, 2.75) is 13.8 Å². The summed E-state index contributed by atoms with van der Waals surface area (Å²) in [6.45, 7) is 3.84. The maximum Gasteiger partial charge on any atom is 0.283 e. The molecule has 36 heavy (non-hydrogen) atoms. The van der Waals surface area contributed by atoms with Crippen LogP contribution in [0.4, 0.5) is 17.1 Å². The highest BCUT2D eigenvalue weighted by molar-refractivity contribution is 6.53. The van der Waals surface area contributed by atoms with Crippen LogP contribution in [-0.2, 0) is 9.59 Å². The summed E-state index contributed by atoms with van der Waals surface area (Å²) in [6, 6.07) is 16.8. The zero-order valence-electron chi connectivity index (χ0n) is 20.1. The number of nitrogens with zero attached hydrogens (tertiary/aromatic N) is 1. The molecular formula is C27H24ClN3O5. The van der Waals surface area contributed by atoms with Crippen molar-refractivity contribution in [3.8, 4) is 11.5 Å². The van der Waals surface area contributed by atoms with E-state index in [-0.39, 0.29) is 10.7 Å². The van der Waals surface area contributed by atoms with E-state index >= 15 is 0 Å². The first-order valence-electron chi connectivity index (χ1n) is 11.0. The molecule has 3 aromatic rings. The van der Waals surface area contributed by atoms with Gasteiger partial charge in [-0.1, -0.05) is 23.7 Å². The van der Waals surface area contributed by atoms with Gasteiger partial charge in [-0.15, -0.1) is 0 Å². The Morgan fingerprint density at radius 1 is 0.889 bits per heavy atom. The molecule has 8 nitrogen and oxygen atoms in total. The molecule has 0 radical (unpaired) electrons.